The van der Waals surface area contributed by atoms with Gasteiger partial charge in [0.15, 0.2) is 11.6 Å². The van der Waals surface area contributed by atoms with Gasteiger partial charge in [0.25, 0.3) is 5.91 Å². The van der Waals surface area contributed by atoms with Crippen LogP contribution in [0.4, 0.5) is 14.5 Å². The summed E-state index contributed by atoms with van der Waals surface area (Å²) in [6, 6.07) is 9.14. The van der Waals surface area contributed by atoms with Crippen molar-refractivity contribution in [1.82, 2.24) is 0 Å². The zero-order chi connectivity index (χ0) is 15.4. The molecule has 0 unspecified atom stereocenters. The van der Waals surface area contributed by atoms with Gasteiger partial charge >= 0.3 is 0 Å². The fourth-order valence-corrected chi connectivity index (χ4v) is 1.74. The number of hydrogen-bond acceptors (Lipinski definition) is 3. The topological polar surface area (TPSA) is 62.1 Å². The molecule has 106 valence electrons. The number of rotatable bonds is 3. The van der Waals surface area contributed by atoms with E-state index in [1.165, 1.54) is 31.4 Å². The first-order valence-electron chi connectivity index (χ1n) is 5.90. The minimum atomic E-state index is -0.730. The first-order valence-corrected chi connectivity index (χ1v) is 5.90. The van der Waals surface area contributed by atoms with Crippen molar-refractivity contribution in [2.24, 2.45) is 0 Å². The molecule has 2 aromatic carbocycles. The summed E-state index contributed by atoms with van der Waals surface area (Å²) in [6.45, 7) is 0. The van der Waals surface area contributed by atoms with Crippen LogP contribution in [0.1, 0.15) is 15.9 Å². The molecule has 1 amide bonds. The monoisotopic (exact) mass is 288 g/mol. The Hall–Kier alpha value is -2.94. The molecule has 0 saturated heterocycles. The van der Waals surface area contributed by atoms with E-state index in [0.29, 0.717) is 0 Å². The fourth-order valence-electron chi connectivity index (χ4n) is 1.74. The predicted molar refractivity (Wildman–Crippen MR) is 72.0 cm³/mol. The van der Waals surface area contributed by atoms with Crippen molar-refractivity contribution in [3.8, 4) is 11.8 Å². The normalized spacial score (nSPS) is 9.81. The van der Waals surface area contributed by atoms with Crippen LogP contribution < -0.4 is 10.1 Å². The van der Waals surface area contributed by atoms with E-state index in [4.69, 9.17) is 10.00 Å². The quantitative estimate of drug-likeness (QED) is 0.944. The Kier molecular flexibility index (Phi) is 4.14. The van der Waals surface area contributed by atoms with Gasteiger partial charge in [0.2, 0.25) is 0 Å². The number of ether oxygens (including phenoxy) is 1. The first kappa shape index (κ1) is 14.5. The molecule has 0 fully saturated rings. The van der Waals surface area contributed by atoms with Crippen molar-refractivity contribution < 1.29 is 18.3 Å². The Labute approximate surface area is 119 Å². The van der Waals surface area contributed by atoms with Gasteiger partial charge in [0.05, 0.1) is 12.8 Å². The molecule has 0 aliphatic rings. The maximum Gasteiger partial charge on any atom is 0.255 e. The summed E-state index contributed by atoms with van der Waals surface area (Å²) in [5.74, 6) is -2.01. The van der Waals surface area contributed by atoms with Gasteiger partial charge in [0, 0.05) is 5.56 Å². The summed E-state index contributed by atoms with van der Waals surface area (Å²) in [4.78, 5) is 12.1. The first-order chi connectivity index (χ1) is 10.1. The molecule has 1 N–H and O–H groups in total. The van der Waals surface area contributed by atoms with Gasteiger partial charge in [-0.25, -0.2) is 8.78 Å². The third-order valence-electron chi connectivity index (χ3n) is 2.79. The summed E-state index contributed by atoms with van der Waals surface area (Å²) in [5.41, 5.74) is -0.0906. The SMILES string of the molecule is COc1cc(C(=O)Nc2cccc(F)c2C#N)ccc1F. The zero-order valence-electron chi connectivity index (χ0n) is 11.0. The van der Waals surface area contributed by atoms with Gasteiger partial charge in [0.1, 0.15) is 17.4 Å². The molecule has 0 aliphatic carbocycles. The van der Waals surface area contributed by atoms with Crippen molar-refractivity contribution in [1.29, 1.82) is 5.26 Å². The van der Waals surface area contributed by atoms with Gasteiger partial charge in [-0.1, -0.05) is 6.07 Å². The summed E-state index contributed by atoms with van der Waals surface area (Å²) in [7, 11) is 1.28. The maximum absolute atomic E-state index is 13.4. The minimum Gasteiger partial charge on any atom is -0.494 e. The number of anilines is 1. The second-order valence-electron chi connectivity index (χ2n) is 4.08. The summed E-state index contributed by atoms with van der Waals surface area (Å²) in [5, 5.41) is 11.3. The van der Waals surface area contributed by atoms with E-state index in [-0.39, 0.29) is 22.6 Å². The van der Waals surface area contributed by atoms with Crippen LogP contribution in [0, 0.1) is 23.0 Å². The van der Waals surface area contributed by atoms with E-state index in [1.807, 2.05) is 0 Å². The number of nitriles is 1. The molecule has 0 aromatic heterocycles. The molecule has 21 heavy (non-hydrogen) atoms. The van der Waals surface area contributed by atoms with Crippen LogP contribution in [0.5, 0.6) is 5.75 Å². The van der Waals surface area contributed by atoms with E-state index in [9.17, 15) is 13.6 Å². The number of nitrogens with one attached hydrogen (secondary N) is 1. The average Bonchev–Trinajstić information content (AvgIpc) is 2.48. The molecular formula is C15H10F2N2O2. The number of carbonyl (C=O) groups is 1. The third kappa shape index (κ3) is 2.98. The van der Waals surface area contributed by atoms with Crippen LogP contribution in [-0.2, 0) is 0 Å². The second kappa shape index (κ2) is 6.01. The van der Waals surface area contributed by atoms with Crippen LogP contribution in [0.25, 0.3) is 0 Å². The molecular weight excluding hydrogens is 278 g/mol. The molecule has 0 aliphatic heterocycles. The fraction of sp³-hybridized carbons (Fsp3) is 0.0667. The van der Waals surface area contributed by atoms with Crippen LogP contribution in [0.15, 0.2) is 36.4 Å². The molecule has 0 heterocycles. The highest BCUT2D eigenvalue weighted by molar-refractivity contribution is 6.05. The molecule has 2 aromatic rings. The Morgan fingerprint density at radius 3 is 2.67 bits per heavy atom. The lowest BCUT2D eigenvalue weighted by molar-refractivity contribution is 0.102. The lowest BCUT2D eigenvalue weighted by Gasteiger charge is -2.09. The summed E-state index contributed by atoms with van der Waals surface area (Å²) >= 11 is 0. The second-order valence-corrected chi connectivity index (χ2v) is 4.08. The number of carbonyl (C=O) groups excluding carboxylic acids is 1. The number of hydrogen-bond donors (Lipinski definition) is 1. The Morgan fingerprint density at radius 2 is 2.00 bits per heavy atom. The molecule has 2 rings (SSSR count). The third-order valence-corrected chi connectivity index (χ3v) is 2.79. The van der Waals surface area contributed by atoms with Gasteiger partial charge in [-0.05, 0) is 30.3 Å². The van der Waals surface area contributed by atoms with E-state index in [0.717, 1.165) is 12.1 Å². The molecule has 4 nitrogen and oxygen atoms in total. The maximum atomic E-state index is 13.4. The van der Waals surface area contributed by atoms with E-state index < -0.39 is 17.5 Å². The van der Waals surface area contributed by atoms with Crippen LogP contribution in [-0.4, -0.2) is 13.0 Å². The largest absolute Gasteiger partial charge is 0.494 e. The highest BCUT2D eigenvalue weighted by atomic mass is 19.1. The molecule has 0 bridgehead atoms. The van der Waals surface area contributed by atoms with Gasteiger partial charge < -0.3 is 10.1 Å². The number of amides is 1. The van der Waals surface area contributed by atoms with Crippen molar-refractivity contribution >= 4 is 11.6 Å². The molecule has 0 saturated carbocycles. The standard InChI is InChI=1S/C15H10F2N2O2/c1-21-14-7-9(5-6-12(14)17)15(20)19-13-4-2-3-11(16)10(13)8-18/h2-7H,1H3,(H,19,20). The number of halogens is 2. The Morgan fingerprint density at radius 1 is 1.24 bits per heavy atom. The van der Waals surface area contributed by atoms with Crippen LogP contribution >= 0.6 is 0 Å². The van der Waals surface area contributed by atoms with Crippen LogP contribution in [0.3, 0.4) is 0 Å². The van der Waals surface area contributed by atoms with E-state index in [2.05, 4.69) is 5.32 Å². The van der Waals surface area contributed by atoms with Crippen molar-refractivity contribution in [3.63, 3.8) is 0 Å². The van der Waals surface area contributed by atoms with Crippen LogP contribution in [0.2, 0.25) is 0 Å². The lowest BCUT2D eigenvalue weighted by Crippen LogP contribution is -2.13. The number of methoxy groups -OCH3 is 1. The molecule has 0 spiro atoms. The van der Waals surface area contributed by atoms with Gasteiger partial charge in [-0.2, -0.15) is 5.26 Å². The highest BCUT2D eigenvalue weighted by Crippen LogP contribution is 2.21. The summed E-state index contributed by atoms with van der Waals surface area (Å²) in [6.07, 6.45) is 0. The lowest BCUT2D eigenvalue weighted by atomic mass is 10.1. The number of benzene rings is 2. The molecule has 6 heteroatoms. The predicted octanol–water partition coefficient (Wildman–Crippen LogP) is 3.10. The van der Waals surface area contributed by atoms with Gasteiger partial charge in [-0.3, -0.25) is 4.79 Å². The molecule has 0 atom stereocenters. The minimum absolute atomic E-state index is 0.0470. The Balaban J connectivity index is 2.31. The smallest absolute Gasteiger partial charge is 0.255 e. The summed E-state index contributed by atoms with van der Waals surface area (Å²) < 4.78 is 31.5. The average molecular weight is 288 g/mol. The van der Waals surface area contributed by atoms with Gasteiger partial charge in [-0.15, -0.1) is 0 Å². The van der Waals surface area contributed by atoms with Crippen molar-refractivity contribution in [3.05, 3.63) is 59.2 Å². The highest BCUT2D eigenvalue weighted by Gasteiger charge is 2.14. The van der Waals surface area contributed by atoms with E-state index >= 15 is 0 Å². The molecule has 0 radical (unpaired) electrons. The number of nitrogens with zero attached hydrogens (tertiary/aromatic N) is 1. The van der Waals surface area contributed by atoms with Crippen molar-refractivity contribution in [2.45, 2.75) is 0 Å². The Bertz CT molecular complexity index is 739. The van der Waals surface area contributed by atoms with Crippen molar-refractivity contribution in [2.75, 3.05) is 12.4 Å². The zero-order valence-corrected chi connectivity index (χ0v) is 11.0. The van der Waals surface area contributed by atoms with E-state index in [1.54, 1.807) is 6.07 Å².